The van der Waals surface area contributed by atoms with Gasteiger partial charge in [0, 0.05) is 5.41 Å². The van der Waals surface area contributed by atoms with Crippen LogP contribution in [0.15, 0.2) is 23.8 Å². The van der Waals surface area contributed by atoms with Crippen LogP contribution >= 0.6 is 0 Å². The smallest absolute Gasteiger partial charge is 0.166 e. The molecular weight excluding hydrogens is 312 g/mol. The average molecular weight is 344 g/mol. The monoisotopic (exact) mass is 344 g/mol. The number of hydrogen-bond acceptors (Lipinski definition) is 3. The fourth-order valence-electron chi connectivity index (χ4n) is 7.26. The number of hydrogen-bond donors (Lipinski definition) is 2. The summed E-state index contributed by atoms with van der Waals surface area (Å²) in [5.41, 5.74) is 0.632. The first-order valence-corrected chi connectivity index (χ1v) is 9.94. The van der Waals surface area contributed by atoms with Crippen LogP contribution in [0, 0.1) is 28.6 Å². The van der Waals surface area contributed by atoms with Gasteiger partial charge in [-0.3, -0.25) is 4.79 Å². The molecule has 4 rings (SSSR count). The molecule has 0 amide bonds. The van der Waals surface area contributed by atoms with Gasteiger partial charge < -0.3 is 10.2 Å². The minimum Gasteiger partial charge on any atom is -0.393 e. The van der Waals surface area contributed by atoms with Crippen molar-refractivity contribution in [1.82, 2.24) is 0 Å². The summed E-state index contributed by atoms with van der Waals surface area (Å²) in [5.74, 6) is 1.29. The highest BCUT2D eigenvalue weighted by atomic mass is 16.3. The van der Waals surface area contributed by atoms with Crippen LogP contribution in [0.5, 0.6) is 0 Å². The van der Waals surface area contributed by atoms with E-state index in [9.17, 15) is 15.0 Å². The Kier molecular flexibility index (Phi) is 3.70. The zero-order chi connectivity index (χ0) is 18.2. The van der Waals surface area contributed by atoms with Crippen LogP contribution in [0.4, 0.5) is 0 Å². The van der Waals surface area contributed by atoms with Crippen molar-refractivity contribution in [2.45, 2.75) is 77.4 Å². The molecule has 0 unspecified atom stereocenters. The molecule has 0 saturated heterocycles. The largest absolute Gasteiger partial charge is 0.393 e. The molecule has 0 aromatic heterocycles. The molecule has 3 nitrogen and oxygen atoms in total. The van der Waals surface area contributed by atoms with Crippen molar-refractivity contribution in [2.75, 3.05) is 0 Å². The maximum absolute atomic E-state index is 12.4. The summed E-state index contributed by atoms with van der Waals surface area (Å²) < 4.78 is 0. The molecule has 25 heavy (non-hydrogen) atoms. The molecular formula is C22H32O3. The molecule has 0 bridgehead atoms. The Labute approximate surface area is 151 Å². The molecule has 4 aliphatic carbocycles. The van der Waals surface area contributed by atoms with Crippen molar-refractivity contribution < 1.29 is 15.0 Å². The van der Waals surface area contributed by atoms with Gasteiger partial charge in [-0.25, -0.2) is 0 Å². The van der Waals surface area contributed by atoms with Gasteiger partial charge in [-0.1, -0.05) is 32.1 Å². The number of rotatable bonds is 1. The number of ketones is 1. The normalized spacial score (nSPS) is 52.0. The minimum absolute atomic E-state index is 0.139. The predicted octanol–water partition coefficient (Wildman–Crippen LogP) is 3.80. The molecule has 2 N–H and O–H groups in total. The average Bonchev–Trinajstić information content (AvgIpc) is 2.77. The molecule has 3 saturated carbocycles. The summed E-state index contributed by atoms with van der Waals surface area (Å²) >= 11 is 0. The molecule has 3 heteroatoms. The van der Waals surface area contributed by atoms with Gasteiger partial charge >= 0.3 is 0 Å². The van der Waals surface area contributed by atoms with Crippen LogP contribution in [0.25, 0.3) is 0 Å². The summed E-state index contributed by atoms with van der Waals surface area (Å²) in [6.45, 7) is 10.2. The highest BCUT2D eigenvalue weighted by Crippen LogP contribution is 2.68. The lowest BCUT2D eigenvalue weighted by Crippen LogP contribution is -2.57. The topological polar surface area (TPSA) is 57.5 Å². The number of carbonyl (C=O) groups excluding carboxylic acids is 1. The van der Waals surface area contributed by atoms with Gasteiger partial charge in [0.25, 0.3) is 0 Å². The van der Waals surface area contributed by atoms with E-state index in [4.69, 9.17) is 0 Å². The Hall–Kier alpha value is -0.930. The lowest BCUT2D eigenvalue weighted by Gasteiger charge is -2.58. The van der Waals surface area contributed by atoms with E-state index >= 15 is 0 Å². The summed E-state index contributed by atoms with van der Waals surface area (Å²) in [6, 6.07) is 0. The van der Waals surface area contributed by atoms with Crippen molar-refractivity contribution >= 4 is 5.78 Å². The maximum atomic E-state index is 12.4. The Morgan fingerprint density at radius 3 is 2.60 bits per heavy atom. The molecule has 0 aromatic carbocycles. The number of allylic oxidation sites excluding steroid dienone is 1. The second-order valence-corrected chi connectivity index (χ2v) is 9.69. The lowest BCUT2D eigenvalue weighted by atomic mass is 9.46. The third-order valence-electron chi connectivity index (χ3n) is 8.78. The lowest BCUT2D eigenvalue weighted by molar-refractivity contribution is -0.153. The highest BCUT2D eigenvalue weighted by Gasteiger charge is 2.66. The molecule has 0 aliphatic heterocycles. The molecule has 0 spiro atoms. The van der Waals surface area contributed by atoms with Gasteiger partial charge in [0.05, 0.1) is 6.10 Å². The maximum Gasteiger partial charge on any atom is 0.166 e. The van der Waals surface area contributed by atoms with Gasteiger partial charge in [0.2, 0.25) is 0 Å². The molecule has 0 radical (unpaired) electrons. The van der Waals surface area contributed by atoms with Gasteiger partial charge in [-0.2, -0.15) is 0 Å². The number of aliphatic hydroxyl groups is 2. The quantitative estimate of drug-likeness (QED) is 0.712. The molecule has 3 fully saturated rings. The van der Waals surface area contributed by atoms with Crippen molar-refractivity contribution in [3.63, 3.8) is 0 Å². The molecule has 7 atom stereocenters. The highest BCUT2D eigenvalue weighted by molar-refractivity contribution is 5.90. The zero-order valence-electron chi connectivity index (χ0n) is 15.8. The summed E-state index contributed by atoms with van der Waals surface area (Å²) in [6.07, 6.45) is 8.71. The van der Waals surface area contributed by atoms with Crippen LogP contribution in [0.1, 0.15) is 65.7 Å². The Morgan fingerprint density at radius 2 is 1.92 bits per heavy atom. The fraction of sp³-hybridized carbons (Fsp3) is 0.773. The van der Waals surface area contributed by atoms with Gasteiger partial charge in [-0.05, 0) is 80.6 Å². The second kappa shape index (κ2) is 5.29. The molecule has 0 aromatic rings. The third-order valence-corrected chi connectivity index (χ3v) is 8.78. The summed E-state index contributed by atoms with van der Waals surface area (Å²) in [5, 5.41) is 21.4. The number of carbonyl (C=O) groups is 1. The predicted molar refractivity (Wildman–Crippen MR) is 97.9 cm³/mol. The van der Waals surface area contributed by atoms with Gasteiger partial charge in [0.1, 0.15) is 5.60 Å². The van der Waals surface area contributed by atoms with E-state index in [1.54, 1.807) is 0 Å². The van der Waals surface area contributed by atoms with Crippen molar-refractivity contribution in [3.05, 3.63) is 23.8 Å². The first kappa shape index (κ1) is 17.5. The second-order valence-electron chi connectivity index (χ2n) is 9.69. The van der Waals surface area contributed by atoms with Crippen molar-refractivity contribution in [2.24, 2.45) is 28.6 Å². The molecule has 0 heterocycles. The summed E-state index contributed by atoms with van der Waals surface area (Å²) in [7, 11) is 0. The third kappa shape index (κ3) is 2.03. The SMILES string of the molecule is C=C1C[C@@H]2[C@H]3CC=C4C[C@H](O)CC[C@]4(C)[C@@H]3CC[C@]2(C)[C@]1(O)C(C)=O. The van der Waals surface area contributed by atoms with Crippen LogP contribution in [0.3, 0.4) is 0 Å². The van der Waals surface area contributed by atoms with E-state index < -0.39 is 5.60 Å². The molecule has 138 valence electrons. The van der Waals surface area contributed by atoms with Gasteiger partial charge in [-0.15, -0.1) is 0 Å². The van der Waals surface area contributed by atoms with E-state index in [-0.39, 0.29) is 22.7 Å². The van der Waals surface area contributed by atoms with E-state index in [1.165, 1.54) is 12.5 Å². The van der Waals surface area contributed by atoms with E-state index in [1.807, 2.05) is 0 Å². The van der Waals surface area contributed by atoms with Crippen LogP contribution in [0.2, 0.25) is 0 Å². The zero-order valence-corrected chi connectivity index (χ0v) is 15.8. The summed E-state index contributed by atoms with van der Waals surface area (Å²) in [4.78, 5) is 12.4. The van der Waals surface area contributed by atoms with Gasteiger partial charge in [0.15, 0.2) is 5.78 Å². The Balaban J connectivity index is 1.73. The van der Waals surface area contributed by atoms with Crippen LogP contribution in [-0.2, 0) is 4.79 Å². The van der Waals surface area contributed by atoms with E-state index in [0.29, 0.717) is 17.8 Å². The van der Waals surface area contributed by atoms with E-state index in [0.717, 1.165) is 50.5 Å². The van der Waals surface area contributed by atoms with E-state index in [2.05, 4.69) is 26.5 Å². The fourth-order valence-corrected chi connectivity index (χ4v) is 7.26. The van der Waals surface area contributed by atoms with Crippen molar-refractivity contribution in [3.8, 4) is 0 Å². The number of Topliss-reactive ketones (excluding diaryl/α,β-unsaturated/α-hetero) is 1. The number of aliphatic hydroxyl groups excluding tert-OH is 1. The first-order valence-electron chi connectivity index (χ1n) is 9.94. The van der Waals surface area contributed by atoms with Crippen LogP contribution in [-0.4, -0.2) is 27.7 Å². The Bertz CT molecular complexity index is 664. The minimum atomic E-state index is -1.35. The first-order chi connectivity index (χ1) is 11.6. The molecule has 4 aliphatic rings. The Morgan fingerprint density at radius 1 is 1.20 bits per heavy atom. The standard InChI is InChI=1S/C22H32O3/c1-13-11-19-17-6-5-15-12-16(24)7-9-20(15,3)18(17)8-10-21(19,4)22(13,25)14(2)23/h5,16-19,24-25H,1,6-12H2,2-4H3/t16-,17+,18-,19-,20+,21+,22-/m1/s1. The van der Waals surface area contributed by atoms with Crippen LogP contribution < -0.4 is 0 Å². The van der Waals surface area contributed by atoms with Crippen molar-refractivity contribution in [1.29, 1.82) is 0 Å². The number of fused-ring (bicyclic) bond motifs is 5.